The number of hydrogen-bond donors (Lipinski definition) is 0. The SMILES string of the molecule is [2H]C([2H])([2H])Oc1ccc(-c2cccc3c2CCC3=O)c(OCC2(C(=O)OC(C)C)CCC2)c1OC. The topological polar surface area (TPSA) is 71.1 Å². The third kappa shape index (κ3) is 3.83. The Morgan fingerprint density at radius 3 is 2.50 bits per heavy atom. The lowest BCUT2D eigenvalue weighted by molar-refractivity contribution is -0.168. The Labute approximate surface area is 193 Å². The first-order chi connectivity index (χ1) is 16.5. The molecule has 0 radical (unpaired) electrons. The average Bonchev–Trinajstić information content (AvgIpc) is 3.12. The molecule has 0 aromatic heterocycles. The van der Waals surface area contributed by atoms with E-state index in [1.807, 2.05) is 18.2 Å². The number of fused-ring (bicyclic) bond motifs is 1. The lowest BCUT2D eigenvalue weighted by Crippen LogP contribution is -2.45. The Kier molecular flexibility index (Phi) is 5.13. The van der Waals surface area contributed by atoms with Gasteiger partial charge in [0.15, 0.2) is 17.3 Å². The van der Waals surface area contributed by atoms with E-state index in [1.165, 1.54) is 13.2 Å². The fourth-order valence-corrected chi connectivity index (χ4v) is 4.48. The number of carbonyl (C=O) groups excluding carboxylic acids is 2. The van der Waals surface area contributed by atoms with Gasteiger partial charge in [0, 0.05) is 17.5 Å². The lowest BCUT2D eigenvalue weighted by Gasteiger charge is -2.39. The first-order valence-electron chi connectivity index (χ1n) is 12.4. The van der Waals surface area contributed by atoms with E-state index in [-0.39, 0.29) is 41.7 Å². The summed E-state index contributed by atoms with van der Waals surface area (Å²) in [6.07, 6.45) is 2.95. The number of rotatable bonds is 8. The molecular weight excluding hydrogens is 408 g/mol. The average molecular weight is 442 g/mol. The van der Waals surface area contributed by atoms with Gasteiger partial charge in [-0.05, 0) is 56.4 Å². The maximum Gasteiger partial charge on any atom is 0.315 e. The van der Waals surface area contributed by atoms with Crippen molar-refractivity contribution >= 4 is 11.8 Å². The van der Waals surface area contributed by atoms with Crippen molar-refractivity contribution in [2.45, 2.75) is 52.1 Å². The third-order valence-electron chi connectivity index (χ3n) is 6.34. The molecule has 2 aliphatic rings. The third-order valence-corrected chi connectivity index (χ3v) is 6.34. The zero-order chi connectivity index (χ0) is 25.4. The van der Waals surface area contributed by atoms with Crippen LogP contribution in [0.15, 0.2) is 30.3 Å². The van der Waals surface area contributed by atoms with Gasteiger partial charge in [-0.15, -0.1) is 0 Å². The molecule has 2 aliphatic carbocycles. The van der Waals surface area contributed by atoms with E-state index in [0.29, 0.717) is 36.8 Å². The van der Waals surface area contributed by atoms with Gasteiger partial charge in [0.2, 0.25) is 5.75 Å². The van der Waals surface area contributed by atoms with Crippen LogP contribution in [0.3, 0.4) is 0 Å². The molecule has 170 valence electrons. The number of hydrogen-bond acceptors (Lipinski definition) is 6. The minimum absolute atomic E-state index is 0.00215. The summed E-state index contributed by atoms with van der Waals surface area (Å²) >= 11 is 0. The van der Waals surface area contributed by atoms with Crippen LogP contribution in [0.4, 0.5) is 0 Å². The lowest BCUT2D eigenvalue weighted by atomic mass is 9.69. The zero-order valence-corrected chi connectivity index (χ0v) is 18.7. The molecule has 6 nitrogen and oxygen atoms in total. The molecule has 1 fully saturated rings. The fourth-order valence-electron chi connectivity index (χ4n) is 4.48. The van der Waals surface area contributed by atoms with Gasteiger partial charge in [-0.25, -0.2) is 0 Å². The van der Waals surface area contributed by atoms with Crippen LogP contribution in [-0.4, -0.2) is 38.6 Å². The first-order valence-corrected chi connectivity index (χ1v) is 10.9. The van der Waals surface area contributed by atoms with E-state index >= 15 is 0 Å². The summed E-state index contributed by atoms with van der Waals surface area (Å²) in [4.78, 5) is 25.2. The molecule has 1 saturated carbocycles. The molecule has 0 spiro atoms. The highest BCUT2D eigenvalue weighted by molar-refractivity contribution is 6.02. The fraction of sp³-hybridized carbons (Fsp3) is 0.462. The molecule has 0 aliphatic heterocycles. The molecule has 0 saturated heterocycles. The molecule has 0 atom stereocenters. The Hall–Kier alpha value is -3.02. The van der Waals surface area contributed by atoms with Crippen molar-refractivity contribution in [3.63, 3.8) is 0 Å². The maximum atomic E-state index is 12.9. The number of Topliss-reactive ketones (excluding diaryl/α,β-unsaturated/α-hetero) is 1. The largest absolute Gasteiger partial charge is 0.493 e. The van der Waals surface area contributed by atoms with Crippen molar-refractivity contribution in [2.75, 3.05) is 20.8 Å². The molecule has 0 heterocycles. The van der Waals surface area contributed by atoms with Crippen molar-refractivity contribution in [3.8, 4) is 28.4 Å². The minimum Gasteiger partial charge on any atom is -0.493 e. The second-order valence-corrected chi connectivity index (χ2v) is 8.71. The van der Waals surface area contributed by atoms with Crippen LogP contribution in [0.5, 0.6) is 17.2 Å². The Bertz CT molecular complexity index is 1130. The quantitative estimate of drug-likeness (QED) is 0.537. The molecule has 32 heavy (non-hydrogen) atoms. The normalized spacial score (nSPS) is 18.1. The number of benzene rings is 2. The van der Waals surface area contributed by atoms with Crippen molar-refractivity contribution in [1.82, 2.24) is 0 Å². The van der Waals surface area contributed by atoms with E-state index in [1.54, 1.807) is 19.9 Å². The molecule has 6 heteroatoms. The highest BCUT2D eigenvalue weighted by atomic mass is 16.6. The van der Waals surface area contributed by atoms with Crippen LogP contribution in [-0.2, 0) is 16.0 Å². The molecule has 2 aromatic carbocycles. The summed E-state index contributed by atoms with van der Waals surface area (Å²) in [7, 11) is -1.29. The summed E-state index contributed by atoms with van der Waals surface area (Å²) in [5.41, 5.74) is 2.24. The number of methoxy groups -OCH3 is 2. The monoisotopic (exact) mass is 441 g/mol. The zero-order valence-electron chi connectivity index (χ0n) is 21.7. The number of ketones is 1. The first kappa shape index (κ1) is 18.5. The van der Waals surface area contributed by atoms with Crippen LogP contribution in [0, 0.1) is 5.41 Å². The van der Waals surface area contributed by atoms with Gasteiger partial charge in [0.1, 0.15) is 12.0 Å². The number of ether oxygens (including phenoxy) is 4. The van der Waals surface area contributed by atoms with Crippen molar-refractivity contribution in [1.29, 1.82) is 0 Å². The summed E-state index contributed by atoms with van der Waals surface area (Å²) in [5.74, 6) is 0.170. The van der Waals surface area contributed by atoms with Crippen LogP contribution >= 0.6 is 0 Å². The smallest absolute Gasteiger partial charge is 0.315 e. The van der Waals surface area contributed by atoms with Crippen molar-refractivity contribution < 1.29 is 32.6 Å². The van der Waals surface area contributed by atoms with Crippen molar-refractivity contribution in [3.05, 3.63) is 41.5 Å². The highest BCUT2D eigenvalue weighted by Gasteiger charge is 2.47. The molecular formula is C26H30O6. The van der Waals surface area contributed by atoms with Gasteiger partial charge < -0.3 is 18.9 Å². The van der Waals surface area contributed by atoms with E-state index in [0.717, 1.165) is 17.5 Å². The Balaban J connectivity index is 1.78. The van der Waals surface area contributed by atoms with E-state index in [4.69, 9.17) is 23.1 Å². The van der Waals surface area contributed by atoms with Crippen LogP contribution in [0.1, 0.15) is 59.6 Å². The predicted molar refractivity (Wildman–Crippen MR) is 121 cm³/mol. The van der Waals surface area contributed by atoms with Gasteiger partial charge >= 0.3 is 5.97 Å². The minimum atomic E-state index is -2.69. The van der Waals surface area contributed by atoms with Gasteiger partial charge in [-0.2, -0.15) is 0 Å². The van der Waals surface area contributed by atoms with Gasteiger partial charge in [0.05, 0.1) is 24.4 Å². The number of esters is 1. The second kappa shape index (κ2) is 8.85. The van der Waals surface area contributed by atoms with Gasteiger partial charge in [0.25, 0.3) is 0 Å². The predicted octanol–water partition coefficient (Wildman–Crippen LogP) is 5.00. The Morgan fingerprint density at radius 2 is 1.84 bits per heavy atom. The van der Waals surface area contributed by atoms with Crippen molar-refractivity contribution in [2.24, 2.45) is 5.41 Å². The molecule has 0 N–H and O–H groups in total. The number of carbonyl (C=O) groups is 2. The summed E-state index contributed by atoms with van der Waals surface area (Å²) < 4.78 is 45.1. The van der Waals surface area contributed by atoms with E-state index in [9.17, 15) is 9.59 Å². The summed E-state index contributed by atoms with van der Waals surface area (Å²) in [6, 6.07) is 8.75. The van der Waals surface area contributed by atoms with E-state index < -0.39 is 12.5 Å². The summed E-state index contributed by atoms with van der Waals surface area (Å²) in [5, 5.41) is 0. The van der Waals surface area contributed by atoms with Gasteiger partial charge in [-0.3, -0.25) is 9.59 Å². The van der Waals surface area contributed by atoms with E-state index in [2.05, 4.69) is 0 Å². The molecule has 2 aromatic rings. The van der Waals surface area contributed by atoms with Crippen LogP contribution < -0.4 is 14.2 Å². The standard InChI is InChI=1S/C26H30O6/c1-16(2)32-25(28)26(13-6-14-26)15-31-23-20(10-12-22(29-3)24(23)30-4)17-7-5-8-19-18(17)9-11-21(19)27/h5,7-8,10,12,16H,6,9,11,13-15H2,1-4H3/i3D3. The molecule has 0 bridgehead atoms. The molecule has 4 rings (SSSR count). The molecule has 0 amide bonds. The Morgan fingerprint density at radius 1 is 1.06 bits per heavy atom. The van der Waals surface area contributed by atoms with Crippen LogP contribution in [0.25, 0.3) is 11.1 Å². The second-order valence-electron chi connectivity index (χ2n) is 8.71. The highest BCUT2D eigenvalue weighted by Crippen LogP contribution is 2.49. The van der Waals surface area contributed by atoms with Gasteiger partial charge in [-0.1, -0.05) is 24.6 Å². The van der Waals surface area contributed by atoms with Crippen LogP contribution in [0.2, 0.25) is 0 Å². The molecule has 0 unspecified atom stereocenters. The maximum absolute atomic E-state index is 12.9. The summed E-state index contributed by atoms with van der Waals surface area (Å²) in [6.45, 7) is 3.66.